The van der Waals surface area contributed by atoms with Crippen LogP contribution in [0, 0.1) is 0 Å². The van der Waals surface area contributed by atoms with Gasteiger partial charge >= 0.3 is 0 Å². The van der Waals surface area contributed by atoms with Crippen LogP contribution in [-0.2, 0) is 0 Å². The average Bonchev–Trinajstić information content (AvgIpc) is 3.12. The number of guanidine groups is 1. The van der Waals surface area contributed by atoms with E-state index in [1.54, 1.807) is 0 Å². The molecule has 2 saturated heterocycles. The number of nitrogens with one attached hydrogen (secondary N) is 2. The Morgan fingerprint density at radius 2 is 1.74 bits per heavy atom. The molecule has 2 heterocycles. The van der Waals surface area contributed by atoms with Crippen molar-refractivity contribution in [1.29, 1.82) is 0 Å². The summed E-state index contributed by atoms with van der Waals surface area (Å²) < 4.78 is 0. The quantitative estimate of drug-likeness (QED) is 0.291. The Labute approximate surface area is 186 Å². The van der Waals surface area contributed by atoms with Crippen molar-refractivity contribution in [1.82, 2.24) is 15.5 Å². The van der Waals surface area contributed by atoms with Gasteiger partial charge < -0.3 is 15.7 Å². The van der Waals surface area contributed by atoms with Crippen LogP contribution in [0.4, 0.5) is 0 Å². The van der Waals surface area contributed by atoms with Crippen LogP contribution < -0.4 is 10.6 Å². The Balaban J connectivity index is 0.00000261. The van der Waals surface area contributed by atoms with Crippen LogP contribution in [0.1, 0.15) is 64.7 Å². The molecular weight excluding hydrogens is 471 g/mol. The number of halogens is 1. The molecule has 3 rings (SSSR count). The molecule has 2 aliphatic heterocycles. The van der Waals surface area contributed by atoms with E-state index in [-0.39, 0.29) is 29.5 Å². The molecule has 3 N–H and O–H groups in total. The van der Waals surface area contributed by atoms with Crippen LogP contribution in [0.25, 0.3) is 0 Å². The van der Waals surface area contributed by atoms with Gasteiger partial charge in [-0.15, -0.1) is 24.0 Å². The third kappa shape index (κ3) is 6.64. The van der Waals surface area contributed by atoms with Gasteiger partial charge in [0.05, 0.1) is 12.1 Å². The molecule has 158 valence electrons. The molecule has 0 aromatic carbocycles. The van der Waals surface area contributed by atoms with Crippen molar-refractivity contribution >= 4 is 41.7 Å². The largest absolute Gasteiger partial charge is 0.387 e. The van der Waals surface area contributed by atoms with E-state index in [9.17, 15) is 5.11 Å². The minimum absolute atomic E-state index is 0. The number of nitrogens with zero attached hydrogens (tertiary/aromatic N) is 2. The second kappa shape index (κ2) is 11.5. The topological polar surface area (TPSA) is 59.9 Å². The predicted octanol–water partition coefficient (Wildman–Crippen LogP) is 3.22. The molecule has 0 amide bonds. The van der Waals surface area contributed by atoms with Gasteiger partial charge in [0.1, 0.15) is 0 Å². The van der Waals surface area contributed by atoms with Crippen LogP contribution in [0.15, 0.2) is 4.99 Å². The Morgan fingerprint density at radius 3 is 2.37 bits per heavy atom. The third-order valence-corrected chi connectivity index (χ3v) is 7.59. The first-order chi connectivity index (χ1) is 12.7. The van der Waals surface area contributed by atoms with E-state index in [2.05, 4.69) is 22.5 Å². The summed E-state index contributed by atoms with van der Waals surface area (Å²) >= 11 is 1.84. The van der Waals surface area contributed by atoms with E-state index < -0.39 is 5.60 Å². The first-order valence-corrected chi connectivity index (χ1v) is 11.9. The fourth-order valence-electron chi connectivity index (χ4n) is 4.70. The lowest BCUT2D eigenvalue weighted by Crippen LogP contribution is -2.55. The summed E-state index contributed by atoms with van der Waals surface area (Å²) in [6, 6.07) is 0. The number of likely N-dealkylation sites (tertiary alicyclic amines) is 1. The highest BCUT2D eigenvalue weighted by Gasteiger charge is 2.38. The zero-order valence-corrected chi connectivity index (χ0v) is 20.1. The Bertz CT molecular complexity index is 459. The number of thioether (sulfide) groups is 1. The highest BCUT2D eigenvalue weighted by atomic mass is 127. The van der Waals surface area contributed by atoms with Crippen LogP contribution in [-0.4, -0.2) is 71.3 Å². The molecule has 0 aromatic rings. The van der Waals surface area contributed by atoms with E-state index in [0.717, 1.165) is 37.0 Å². The number of aliphatic hydroxyl groups is 1. The van der Waals surface area contributed by atoms with Gasteiger partial charge in [0.25, 0.3) is 0 Å². The molecule has 0 bridgehead atoms. The number of piperidine rings is 1. The molecule has 0 radical (unpaired) electrons. The molecule has 1 atom stereocenters. The minimum Gasteiger partial charge on any atom is -0.387 e. The fourth-order valence-corrected chi connectivity index (χ4v) is 6.00. The van der Waals surface area contributed by atoms with Gasteiger partial charge in [0, 0.05) is 24.4 Å². The van der Waals surface area contributed by atoms with Crippen LogP contribution in [0.3, 0.4) is 0 Å². The summed E-state index contributed by atoms with van der Waals surface area (Å²) in [5, 5.41) is 17.4. The second-order valence-corrected chi connectivity index (χ2v) is 9.51. The Morgan fingerprint density at radius 1 is 1.04 bits per heavy atom. The van der Waals surface area contributed by atoms with Crippen LogP contribution in [0.2, 0.25) is 0 Å². The lowest BCUT2D eigenvalue weighted by atomic mass is 9.79. The molecule has 0 aromatic heterocycles. The maximum absolute atomic E-state index is 10.6. The van der Waals surface area contributed by atoms with Crippen LogP contribution in [0.5, 0.6) is 0 Å². The summed E-state index contributed by atoms with van der Waals surface area (Å²) in [7, 11) is 0. The lowest BCUT2D eigenvalue weighted by Gasteiger charge is -2.47. The van der Waals surface area contributed by atoms with Gasteiger partial charge in [-0.25, -0.2) is 0 Å². The summed E-state index contributed by atoms with van der Waals surface area (Å²) in [5.41, 5.74) is -0.308. The van der Waals surface area contributed by atoms with Crippen LogP contribution >= 0.6 is 35.7 Å². The molecule has 1 aliphatic carbocycles. The Kier molecular flexibility index (Phi) is 9.99. The van der Waals surface area contributed by atoms with Gasteiger partial charge in [-0.2, -0.15) is 11.8 Å². The summed E-state index contributed by atoms with van der Waals surface area (Å²) in [6.07, 6.45) is 11.6. The first-order valence-electron chi connectivity index (χ1n) is 10.7. The number of aliphatic imine (C=N–C) groups is 1. The van der Waals surface area contributed by atoms with Gasteiger partial charge in [0.15, 0.2) is 5.96 Å². The van der Waals surface area contributed by atoms with Crippen molar-refractivity contribution in [2.24, 2.45) is 4.99 Å². The van der Waals surface area contributed by atoms with E-state index in [0.29, 0.717) is 6.54 Å². The van der Waals surface area contributed by atoms with E-state index in [1.807, 2.05) is 11.8 Å². The van der Waals surface area contributed by atoms with Gasteiger partial charge in [-0.3, -0.25) is 9.89 Å². The van der Waals surface area contributed by atoms with Gasteiger partial charge in [0.2, 0.25) is 0 Å². The SMILES string of the molecule is CCNC(=NCC1(N2CCCCC2)CCCCC1)NCC1(O)CCSC1.I. The molecule has 1 unspecified atom stereocenters. The highest BCUT2D eigenvalue weighted by Crippen LogP contribution is 2.36. The maximum atomic E-state index is 10.6. The molecule has 3 fully saturated rings. The first kappa shape index (κ1) is 23.5. The minimum atomic E-state index is -0.573. The summed E-state index contributed by atoms with van der Waals surface area (Å²) in [6.45, 7) is 6.94. The maximum Gasteiger partial charge on any atom is 0.191 e. The average molecular weight is 511 g/mol. The van der Waals surface area contributed by atoms with E-state index >= 15 is 0 Å². The molecule has 1 saturated carbocycles. The summed E-state index contributed by atoms with van der Waals surface area (Å²) in [4.78, 5) is 7.77. The number of hydrogen-bond donors (Lipinski definition) is 3. The molecule has 0 spiro atoms. The van der Waals surface area contributed by atoms with Gasteiger partial charge in [-0.05, 0) is 57.9 Å². The number of rotatable bonds is 6. The predicted molar refractivity (Wildman–Crippen MR) is 128 cm³/mol. The molecule has 5 nitrogen and oxygen atoms in total. The third-order valence-electron chi connectivity index (χ3n) is 6.35. The van der Waals surface area contributed by atoms with Crippen molar-refractivity contribution in [3.05, 3.63) is 0 Å². The van der Waals surface area contributed by atoms with Crippen molar-refractivity contribution in [3.8, 4) is 0 Å². The smallest absolute Gasteiger partial charge is 0.191 e. The fraction of sp³-hybridized carbons (Fsp3) is 0.950. The van der Waals surface area contributed by atoms with E-state index in [4.69, 9.17) is 4.99 Å². The molecule has 27 heavy (non-hydrogen) atoms. The van der Waals surface area contributed by atoms with Crippen molar-refractivity contribution in [3.63, 3.8) is 0 Å². The monoisotopic (exact) mass is 510 g/mol. The Hall–Kier alpha value is 0.270. The molecule has 7 heteroatoms. The second-order valence-electron chi connectivity index (χ2n) is 8.41. The molecular formula is C20H39IN4OS. The number of hydrogen-bond acceptors (Lipinski definition) is 4. The van der Waals surface area contributed by atoms with Crippen molar-refractivity contribution < 1.29 is 5.11 Å². The van der Waals surface area contributed by atoms with Crippen molar-refractivity contribution in [2.75, 3.05) is 44.2 Å². The normalized spacial score (nSPS) is 29.2. The van der Waals surface area contributed by atoms with Crippen molar-refractivity contribution in [2.45, 2.75) is 75.9 Å². The van der Waals surface area contributed by atoms with E-state index in [1.165, 1.54) is 64.5 Å². The van der Waals surface area contributed by atoms with Gasteiger partial charge in [-0.1, -0.05) is 25.7 Å². The lowest BCUT2D eigenvalue weighted by molar-refractivity contribution is 0.0406. The zero-order valence-electron chi connectivity index (χ0n) is 17.0. The summed E-state index contributed by atoms with van der Waals surface area (Å²) in [5.74, 6) is 2.76. The molecule has 3 aliphatic rings. The highest BCUT2D eigenvalue weighted by molar-refractivity contribution is 14.0. The standard InChI is InChI=1S/C20H38N4OS.HI/c1-2-21-18(23-16-20(25)11-14-26-17-20)22-15-19(9-5-3-6-10-19)24-12-7-4-8-13-24;/h25H,2-17H2,1H3,(H2,21,22,23);1H. The zero-order chi connectivity index (χ0) is 18.3.